The van der Waals surface area contributed by atoms with Crippen molar-refractivity contribution in [3.8, 4) is 5.75 Å². The second kappa shape index (κ2) is 12.8. The number of hydrogen-bond donors (Lipinski definition) is 0. The summed E-state index contributed by atoms with van der Waals surface area (Å²) in [6.45, 7) is 6.41. The summed E-state index contributed by atoms with van der Waals surface area (Å²) >= 11 is 0. The highest BCUT2D eigenvalue weighted by molar-refractivity contribution is 5.78. The number of hydrogen-bond acceptors (Lipinski definition) is 3. The molecule has 0 aliphatic heterocycles. The number of esters is 1. The fourth-order valence-corrected chi connectivity index (χ4v) is 3.93. The van der Waals surface area contributed by atoms with Crippen LogP contribution < -0.4 is 9.64 Å². The zero-order valence-corrected chi connectivity index (χ0v) is 20.3. The highest BCUT2D eigenvalue weighted by atomic mass is 16.5. The van der Waals surface area contributed by atoms with Gasteiger partial charge in [0.15, 0.2) is 0 Å². The minimum absolute atomic E-state index is 0.155. The Kier molecular flexibility index (Phi) is 9.56. The van der Waals surface area contributed by atoms with Crippen molar-refractivity contribution in [1.29, 1.82) is 0 Å². The summed E-state index contributed by atoms with van der Waals surface area (Å²) in [4.78, 5) is 14.6. The first-order chi connectivity index (χ1) is 16.1. The van der Waals surface area contributed by atoms with Gasteiger partial charge in [-0.1, -0.05) is 86.9 Å². The molecule has 0 bridgehead atoms. The normalized spacial score (nSPS) is 10.8. The minimum atomic E-state index is -0.155. The topological polar surface area (TPSA) is 29.5 Å². The van der Waals surface area contributed by atoms with E-state index < -0.39 is 0 Å². The van der Waals surface area contributed by atoms with Gasteiger partial charge in [0, 0.05) is 29.5 Å². The highest BCUT2D eigenvalue weighted by Gasteiger charge is 2.14. The molecule has 0 heterocycles. The number of carbonyl (C=O) groups is 1. The van der Waals surface area contributed by atoms with Gasteiger partial charge in [0.2, 0.25) is 0 Å². The van der Waals surface area contributed by atoms with Crippen molar-refractivity contribution in [3.63, 3.8) is 0 Å². The smallest absolute Gasteiger partial charge is 0.311 e. The van der Waals surface area contributed by atoms with Crippen LogP contribution in [0.1, 0.15) is 69.4 Å². The molecule has 174 valence electrons. The Morgan fingerprint density at radius 1 is 0.697 bits per heavy atom. The molecular formula is C30H37NO2. The predicted octanol–water partition coefficient (Wildman–Crippen LogP) is 8.82. The second-order valence-corrected chi connectivity index (χ2v) is 8.85. The van der Waals surface area contributed by atoms with E-state index in [1.54, 1.807) is 0 Å². The van der Waals surface area contributed by atoms with E-state index in [9.17, 15) is 4.79 Å². The maximum Gasteiger partial charge on any atom is 0.311 e. The number of benzene rings is 3. The molecule has 0 radical (unpaired) electrons. The Morgan fingerprint density at radius 3 is 1.82 bits per heavy atom. The van der Waals surface area contributed by atoms with Gasteiger partial charge in [0.05, 0.1) is 0 Å². The molecule has 0 saturated carbocycles. The first kappa shape index (κ1) is 24.6. The van der Waals surface area contributed by atoms with Crippen LogP contribution in [0.4, 0.5) is 17.1 Å². The molecule has 0 aliphatic rings. The maximum absolute atomic E-state index is 12.4. The van der Waals surface area contributed by atoms with Gasteiger partial charge in [0.1, 0.15) is 5.75 Å². The van der Waals surface area contributed by atoms with Gasteiger partial charge >= 0.3 is 5.97 Å². The summed E-state index contributed by atoms with van der Waals surface area (Å²) in [5, 5.41) is 0. The van der Waals surface area contributed by atoms with Crippen LogP contribution in [0, 0.1) is 13.8 Å². The average Bonchev–Trinajstić information content (AvgIpc) is 2.81. The van der Waals surface area contributed by atoms with Crippen LogP contribution in [-0.2, 0) is 4.79 Å². The van der Waals surface area contributed by atoms with Gasteiger partial charge in [-0.3, -0.25) is 4.79 Å². The molecular weight excluding hydrogens is 406 g/mol. The van der Waals surface area contributed by atoms with Gasteiger partial charge in [-0.15, -0.1) is 0 Å². The molecule has 0 saturated heterocycles. The molecule has 0 spiro atoms. The number of carbonyl (C=O) groups excluding carboxylic acids is 1. The van der Waals surface area contributed by atoms with Crippen LogP contribution in [-0.4, -0.2) is 5.97 Å². The summed E-state index contributed by atoms with van der Waals surface area (Å²) in [6.07, 6.45) is 8.78. The molecule has 0 atom stereocenters. The SMILES string of the molecule is CCCCCCCCCC(=O)Oc1cccc(N(c2ccc(C)cc2)c2ccc(C)cc2)c1. The highest BCUT2D eigenvalue weighted by Crippen LogP contribution is 2.36. The van der Waals surface area contributed by atoms with Gasteiger partial charge < -0.3 is 9.64 Å². The quantitative estimate of drug-likeness (QED) is 0.159. The number of ether oxygens (including phenoxy) is 1. The van der Waals surface area contributed by atoms with Crippen molar-refractivity contribution < 1.29 is 9.53 Å². The van der Waals surface area contributed by atoms with Crippen molar-refractivity contribution in [1.82, 2.24) is 0 Å². The Labute approximate surface area is 199 Å². The van der Waals surface area contributed by atoms with Crippen molar-refractivity contribution in [2.24, 2.45) is 0 Å². The third-order valence-electron chi connectivity index (χ3n) is 5.88. The minimum Gasteiger partial charge on any atom is -0.426 e. The largest absolute Gasteiger partial charge is 0.426 e. The maximum atomic E-state index is 12.4. The standard InChI is InChI=1S/C30H37NO2/c1-4-5-6-7-8-9-10-14-30(32)33-29-13-11-12-28(23-29)31(26-19-15-24(2)16-20-26)27-21-17-25(3)18-22-27/h11-13,15-23H,4-10,14H2,1-3H3. The van der Waals surface area contributed by atoms with Gasteiger partial charge in [-0.05, 0) is 56.7 Å². The van der Waals surface area contributed by atoms with E-state index in [1.165, 1.54) is 43.2 Å². The van der Waals surface area contributed by atoms with E-state index in [0.29, 0.717) is 12.2 Å². The summed E-state index contributed by atoms with van der Waals surface area (Å²) < 4.78 is 5.69. The molecule has 0 unspecified atom stereocenters. The van der Waals surface area contributed by atoms with Crippen LogP contribution in [0.2, 0.25) is 0 Å². The first-order valence-corrected chi connectivity index (χ1v) is 12.3. The molecule has 0 amide bonds. The van der Waals surface area contributed by atoms with E-state index in [2.05, 4.69) is 74.2 Å². The Balaban J connectivity index is 1.68. The van der Waals surface area contributed by atoms with Crippen molar-refractivity contribution >= 4 is 23.0 Å². The first-order valence-electron chi connectivity index (χ1n) is 12.3. The van der Waals surface area contributed by atoms with Crippen LogP contribution in [0.3, 0.4) is 0 Å². The van der Waals surface area contributed by atoms with E-state index in [0.717, 1.165) is 29.9 Å². The zero-order chi connectivity index (χ0) is 23.5. The van der Waals surface area contributed by atoms with E-state index in [-0.39, 0.29) is 5.97 Å². The number of unbranched alkanes of at least 4 members (excludes halogenated alkanes) is 6. The molecule has 0 aromatic heterocycles. The van der Waals surface area contributed by atoms with Crippen LogP contribution in [0.15, 0.2) is 72.8 Å². The van der Waals surface area contributed by atoms with Gasteiger partial charge in [0.25, 0.3) is 0 Å². The van der Waals surface area contributed by atoms with Gasteiger partial charge in [-0.25, -0.2) is 0 Å². The fraction of sp³-hybridized carbons (Fsp3) is 0.367. The van der Waals surface area contributed by atoms with Crippen molar-refractivity contribution in [2.75, 3.05) is 4.90 Å². The Morgan fingerprint density at radius 2 is 1.24 bits per heavy atom. The lowest BCUT2D eigenvalue weighted by Gasteiger charge is -2.26. The van der Waals surface area contributed by atoms with Crippen molar-refractivity contribution in [3.05, 3.63) is 83.9 Å². The number of anilines is 3. The monoisotopic (exact) mass is 443 g/mol. The number of nitrogens with zero attached hydrogens (tertiary/aromatic N) is 1. The van der Waals surface area contributed by atoms with E-state index >= 15 is 0 Å². The second-order valence-electron chi connectivity index (χ2n) is 8.85. The molecule has 33 heavy (non-hydrogen) atoms. The van der Waals surface area contributed by atoms with Crippen molar-refractivity contribution in [2.45, 2.75) is 72.1 Å². The molecule has 3 heteroatoms. The fourth-order valence-electron chi connectivity index (χ4n) is 3.93. The summed E-state index contributed by atoms with van der Waals surface area (Å²) in [7, 11) is 0. The predicted molar refractivity (Wildman–Crippen MR) is 139 cm³/mol. The molecule has 3 aromatic rings. The summed E-state index contributed by atoms with van der Waals surface area (Å²) in [6, 6.07) is 24.7. The molecule has 3 rings (SSSR count). The number of aryl methyl sites for hydroxylation is 2. The van der Waals surface area contributed by atoms with E-state index in [4.69, 9.17) is 4.74 Å². The third kappa shape index (κ3) is 7.78. The number of rotatable bonds is 12. The molecule has 3 nitrogen and oxygen atoms in total. The Bertz CT molecular complexity index is 947. The Hall–Kier alpha value is -3.07. The summed E-state index contributed by atoms with van der Waals surface area (Å²) in [5.41, 5.74) is 5.53. The lowest BCUT2D eigenvalue weighted by Crippen LogP contribution is -2.11. The van der Waals surface area contributed by atoms with Crippen LogP contribution in [0.5, 0.6) is 5.75 Å². The van der Waals surface area contributed by atoms with Crippen LogP contribution >= 0.6 is 0 Å². The third-order valence-corrected chi connectivity index (χ3v) is 5.88. The zero-order valence-electron chi connectivity index (χ0n) is 20.3. The van der Waals surface area contributed by atoms with Gasteiger partial charge in [-0.2, -0.15) is 0 Å². The molecule has 3 aromatic carbocycles. The van der Waals surface area contributed by atoms with Crippen LogP contribution in [0.25, 0.3) is 0 Å². The molecule has 0 aliphatic carbocycles. The lowest BCUT2D eigenvalue weighted by atomic mass is 10.1. The molecule has 0 fully saturated rings. The molecule has 0 N–H and O–H groups in total. The van der Waals surface area contributed by atoms with E-state index in [1.807, 2.05) is 24.3 Å². The summed E-state index contributed by atoms with van der Waals surface area (Å²) in [5.74, 6) is 0.433. The lowest BCUT2D eigenvalue weighted by molar-refractivity contribution is -0.134. The average molecular weight is 444 g/mol.